The highest BCUT2D eigenvalue weighted by molar-refractivity contribution is 5.99. The number of rotatable bonds is 3. The smallest absolute Gasteiger partial charge is 0.248 e. The van der Waals surface area contributed by atoms with E-state index in [4.69, 9.17) is 5.73 Å². The lowest BCUT2D eigenvalue weighted by molar-refractivity contribution is -0.121. The summed E-state index contributed by atoms with van der Waals surface area (Å²) in [6.07, 6.45) is 0. The van der Waals surface area contributed by atoms with Crippen LogP contribution in [-0.2, 0) is 11.3 Å². The number of primary amides is 1. The quantitative estimate of drug-likeness (QED) is 0.943. The van der Waals surface area contributed by atoms with Crippen LogP contribution in [0, 0.1) is 5.92 Å². The SMILES string of the molecule is CC1CN(Cc2cccc(C(N)=O)c2)c2ccccc2N(C)C1=O. The van der Waals surface area contributed by atoms with Gasteiger partial charge in [0.1, 0.15) is 0 Å². The van der Waals surface area contributed by atoms with Gasteiger partial charge in [0.15, 0.2) is 0 Å². The largest absolute Gasteiger partial charge is 0.366 e. The van der Waals surface area contributed by atoms with Gasteiger partial charge >= 0.3 is 0 Å². The van der Waals surface area contributed by atoms with Crippen LogP contribution in [0.5, 0.6) is 0 Å². The summed E-state index contributed by atoms with van der Waals surface area (Å²) >= 11 is 0. The summed E-state index contributed by atoms with van der Waals surface area (Å²) in [5.74, 6) is -0.436. The number of carbonyl (C=O) groups is 2. The summed E-state index contributed by atoms with van der Waals surface area (Å²) in [5.41, 5.74) is 8.78. The zero-order chi connectivity index (χ0) is 17.3. The molecule has 1 atom stereocenters. The number of anilines is 2. The number of para-hydroxylation sites is 2. The second kappa shape index (κ2) is 6.35. The fourth-order valence-electron chi connectivity index (χ4n) is 3.16. The van der Waals surface area contributed by atoms with Crippen molar-refractivity contribution in [1.82, 2.24) is 0 Å². The third kappa shape index (κ3) is 2.97. The zero-order valence-electron chi connectivity index (χ0n) is 13.9. The monoisotopic (exact) mass is 323 g/mol. The van der Waals surface area contributed by atoms with Gasteiger partial charge in [-0.3, -0.25) is 9.59 Å². The lowest BCUT2D eigenvalue weighted by Crippen LogP contribution is -2.34. The molecule has 0 saturated carbocycles. The van der Waals surface area contributed by atoms with E-state index in [1.54, 1.807) is 11.0 Å². The Hall–Kier alpha value is -2.82. The standard InChI is InChI=1S/C19H21N3O2/c1-13-11-22(12-14-6-5-7-15(10-14)18(20)23)17-9-4-3-8-16(17)21(2)19(13)24/h3-10,13H,11-12H2,1-2H3,(H2,20,23). The zero-order valence-corrected chi connectivity index (χ0v) is 13.9. The van der Waals surface area contributed by atoms with E-state index < -0.39 is 5.91 Å². The van der Waals surface area contributed by atoms with Gasteiger partial charge < -0.3 is 15.5 Å². The van der Waals surface area contributed by atoms with E-state index in [0.717, 1.165) is 16.9 Å². The fraction of sp³-hybridized carbons (Fsp3) is 0.263. The van der Waals surface area contributed by atoms with Gasteiger partial charge in [-0.2, -0.15) is 0 Å². The van der Waals surface area contributed by atoms with Crippen LogP contribution in [0.4, 0.5) is 11.4 Å². The van der Waals surface area contributed by atoms with Crippen LogP contribution < -0.4 is 15.5 Å². The summed E-state index contributed by atoms with van der Waals surface area (Å²) in [4.78, 5) is 27.8. The molecule has 1 aliphatic rings. The maximum atomic E-state index is 12.5. The Morgan fingerprint density at radius 3 is 2.58 bits per heavy atom. The summed E-state index contributed by atoms with van der Waals surface area (Å²) in [6.45, 7) is 3.18. The third-order valence-corrected chi connectivity index (χ3v) is 4.42. The molecule has 1 aliphatic heterocycles. The van der Waals surface area contributed by atoms with Crippen LogP contribution in [0.25, 0.3) is 0 Å². The van der Waals surface area contributed by atoms with Crippen molar-refractivity contribution >= 4 is 23.2 Å². The summed E-state index contributed by atoms with van der Waals surface area (Å²) in [5, 5.41) is 0. The first-order valence-electron chi connectivity index (χ1n) is 7.97. The van der Waals surface area contributed by atoms with E-state index in [9.17, 15) is 9.59 Å². The molecule has 0 spiro atoms. The second-order valence-electron chi connectivity index (χ2n) is 6.23. The minimum atomic E-state index is -0.434. The molecule has 0 radical (unpaired) electrons. The Morgan fingerprint density at radius 1 is 1.17 bits per heavy atom. The van der Waals surface area contributed by atoms with Crippen LogP contribution in [0.1, 0.15) is 22.8 Å². The van der Waals surface area contributed by atoms with E-state index >= 15 is 0 Å². The molecule has 2 amide bonds. The first kappa shape index (κ1) is 16.1. The maximum Gasteiger partial charge on any atom is 0.248 e. The molecule has 5 heteroatoms. The van der Waals surface area contributed by atoms with Crippen molar-refractivity contribution in [2.45, 2.75) is 13.5 Å². The Bertz CT molecular complexity index is 788. The molecule has 0 aromatic heterocycles. The molecule has 5 nitrogen and oxygen atoms in total. The molecule has 2 aromatic rings. The fourth-order valence-corrected chi connectivity index (χ4v) is 3.16. The molecule has 0 bridgehead atoms. The third-order valence-electron chi connectivity index (χ3n) is 4.42. The summed E-state index contributed by atoms with van der Waals surface area (Å²) < 4.78 is 0. The highest BCUT2D eigenvalue weighted by Crippen LogP contribution is 2.34. The number of carbonyl (C=O) groups excluding carboxylic acids is 2. The molecule has 0 aliphatic carbocycles. The molecule has 124 valence electrons. The van der Waals surface area contributed by atoms with Gasteiger partial charge in [0.2, 0.25) is 11.8 Å². The number of amides is 2. The topological polar surface area (TPSA) is 66.6 Å². The van der Waals surface area contributed by atoms with Crippen molar-refractivity contribution in [1.29, 1.82) is 0 Å². The number of fused-ring (bicyclic) bond motifs is 1. The van der Waals surface area contributed by atoms with E-state index in [1.165, 1.54) is 0 Å². The van der Waals surface area contributed by atoms with E-state index in [2.05, 4.69) is 4.90 Å². The molecule has 1 unspecified atom stereocenters. The Morgan fingerprint density at radius 2 is 1.88 bits per heavy atom. The predicted octanol–water partition coefficient (Wildman–Crippen LogP) is 2.40. The average Bonchev–Trinajstić information content (AvgIpc) is 2.67. The Kier molecular flexibility index (Phi) is 4.25. The van der Waals surface area contributed by atoms with E-state index in [1.807, 2.05) is 56.4 Å². The van der Waals surface area contributed by atoms with Gasteiger partial charge in [-0.1, -0.05) is 31.2 Å². The molecule has 0 saturated heterocycles. The molecular formula is C19H21N3O2. The van der Waals surface area contributed by atoms with Gasteiger partial charge in [0.05, 0.1) is 17.3 Å². The lowest BCUT2D eigenvalue weighted by Gasteiger charge is -2.26. The summed E-state index contributed by atoms with van der Waals surface area (Å²) in [7, 11) is 1.81. The van der Waals surface area contributed by atoms with Crippen molar-refractivity contribution in [2.24, 2.45) is 11.7 Å². The molecule has 3 rings (SSSR count). The first-order valence-corrected chi connectivity index (χ1v) is 7.97. The Balaban J connectivity index is 1.98. The molecule has 2 N–H and O–H groups in total. The second-order valence-corrected chi connectivity index (χ2v) is 6.23. The molecular weight excluding hydrogens is 302 g/mol. The van der Waals surface area contributed by atoms with Gasteiger partial charge in [-0.15, -0.1) is 0 Å². The van der Waals surface area contributed by atoms with Crippen LogP contribution in [-0.4, -0.2) is 25.4 Å². The summed E-state index contributed by atoms with van der Waals surface area (Å²) in [6, 6.07) is 15.2. The molecule has 2 aromatic carbocycles. The van der Waals surface area contributed by atoms with Crippen LogP contribution in [0.3, 0.4) is 0 Å². The van der Waals surface area contributed by atoms with E-state index in [0.29, 0.717) is 18.7 Å². The Labute approximate surface area is 141 Å². The molecule has 1 heterocycles. The average molecular weight is 323 g/mol. The van der Waals surface area contributed by atoms with E-state index in [-0.39, 0.29) is 11.8 Å². The van der Waals surface area contributed by atoms with Crippen molar-refractivity contribution in [3.63, 3.8) is 0 Å². The maximum absolute atomic E-state index is 12.5. The highest BCUT2D eigenvalue weighted by atomic mass is 16.2. The van der Waals surface area contributed by atoms with Crippen molar-refractivity contribution in [3.05, 3.63) is 59.7 Å². The minimum Gasteiger partial charge on any atom is -0.366 e. The number of benzene rings is 2. The van der Waals surface area contributed by atoms with Gasteiger partial charge in [-0.05, 0) is 29.8 Å². The van der Waals surface area contributed by atoms with Gasteiger partial charge in [0.25, 0.3) is 0 Å². The number of hydrogen-bond donors (Lipinski definition) is 1. The number of nitrogens with zero attached hydrogens (tertiary/aromatic N) is 2. The van der Waals surface area contributed by atoms with Crippen LogP contribution >= 0.6 is 0 Å². The minimum absolute atomic E-state index is 0.107. The first-order chi connectivity index (χ1) is 11.5. The van der Waals surface area contributed by atoms with Crippen LogP contribution in [0.15, 0.2) is 48.5 Å². The lowest BCUT2D eigenvalue weighted by atomic mass is 10.1. The van der Waals surface area contributed by atoms with Crippen molar-refractivity contribution in [2.75, 3.05) is 23.4 Å². The van der Waals surface area contributed by atoms with Crippen molar-refractivity contribution < 1.29 is 9.59 Å². The molecule has 0 fully saturated rings. The number of hydrogen-bond acceptors (Lipinski definition) is 3. The molecule has 24 heavy (non-hydrogen) atoms. The highest BCUT2D eigenvalue weighted by Gasteiger charge is 2.28. The van der Waals surface area contributed by atoms with Crippen LogP contribution in [0.2, 0.25) is 0 Å². The van der Waals surface area contributed by atoms with Gasteiger partial charge in [0, 0.05) is 25.7 Å². The predicted molar refractivity (Wildman–Crippen MR) is 95.0 cm³/mol. The number of nitrogens with two attached hydrogens (primary N) is 1. The van der Waals surface area contributed by atoms with Crippen molar-refractivity contribution in [3.8, 4) is 0 Å². The van der Waals surface area contributed by atoms with Gasteiger partial charge in [-0.25, -0.2) is 0 Å². The normalized spacial score (nSPS) is 17.4.